The first-order chi connectivity index (χ1) is 14.1. The van der Waals surface area contributed by atoms with Crippen LogP contribution in [0.1, 0.15) is 106 Å². The lowest BCUT2D eigenvalue weighted by Gasteiger charge is -2.55. The molecule has 0 bridgehead atoms. The van der Waals surface area contributed by atoms with Gasteiger partial charge >= 0.3 is 0 Å². The minimum Gasteiger partial charge on any atom is -0.393 e. The van der Waals surface area contributed by atoms with Crippen molar-refractivity contribution in [1.29, 1.82) is 0 Å². The minimum atomic E-state index is -0.700. The van der Waals surface area contributed by atoms with Crippen LogP contribution in [0.25, 0.3) is 0 Å². The van der Waals surface area contributed by atoms with Gasteiger partial charge < -0.3 is 9.94 Å². The summed E-state index contributed by atoms with van der Waals surface area (Å²) in [5.74, 6) is 8.96. The summed E-state index contributed by atoms with van der Waals surface area (Å²) in [6.45, 7) is 15.6. The van der Waals surface area contributed by atoms with Crippen LogP contribution in [0.4, 0.5) is 0 Å². The van der Waals surface area contributed by atoms with Gasteiger partial charge in [-0.15, -0.1) is 0 Å². The third-order valence-electron chi connectivity index (χ3n) is 9.65. The Morgan fingerprint density at radius 1 is 1.20 bits per heavy atom. The number of nitrogens with two attached hydrogens (primary N) is 1. The van der Waals surface area contributed by atoms with E-state index >= 15 is 0 Å². The zero-order chi connectivity index (χ0) is 22.6. The van der Waals surface area contributed by atoms with Crippen molar-refractivity contribution in [2.24, 2.45) is 29.1 Å². The molecule has 5 unspecified atom stereocenters. The fourth-order valence-electron chi connectivity index (χ4n) is 7.30. The summed E-state index contributed by atoms with van der Waals surface area (Å²) in [6, 6.07) is 0. The third-order valence-corrected chi connectivity index (χ3v) is 15.4. The smallest absolute Gasteiger partial charge is 0.0679 e. The second-order valence-electron chi connectivity index (χ2n) is 11.7. The highest BCUT2D eigenvalue weighted by atomic mass is 32.3. The van der Waals surface area contributed by atoms with Crippen molar-refractivity contribution in [1.82, 2.24) is 0 Å². The molecule has 3 nitrogen and oxygen atoms in total. The van der Waals surface area contributed by atoms with Crippen LogP contribution in [-0.2, 0) is 4.84 Å². The van der Waals surface area contributed by atoms with E-state index in [0.717, 1.165) is 36.3 Å². The largest absolute Gasteiger partial charge is 0.393 e. The number of aliphatic hydroxyl groups excluding tert-OH is 1. The first-order valence-corrected chi connectivity index (χ1v) is 15.1. The van der Waals surface area contributed by atoms with Gasteiger partial charge in [0.2, 0.25) is 0 Å². The van der Waals surface area contributed by atoms with E-state index < -0.39 is 10.0 Å². The molecule has 1 aliphatic carbocycles. The van der Waals surface area contributed by atoms with Crippen LogP contribution < -0.4 is 5.90 Å². The number of rotatable bonds is 11. The molecule has 2 aliphatic rings. The SMILES string of the molecule is CCCC1(C)C(CCCON)CCS1(C)C(C)C[C@H](CC)C1C[C@H](O)CCC1(C)C. The van der Waals surface area contributed by atoms with Crippen molar-refractivity contribution >= 4 is 10.0 Å². The number of hydrogen-bond acceptors (Lipinski definition) is 3. The quantitative estimate of drug-likeness (QED) is 0.277. The van der Waals surface area contributed by atoms with Gasteiger partial charge in [0.25, 0.3) is 0 Å². The average molecular weight is 444 g/mol. The monoisotopic (exact) mass is 443 g/mol. The Kier molecular flexibility index (Phi) is 9.62. The first-order valence-electron chi connectivity index (χ1n) is 12.8. The number of hydrogen-bond donors (Lipinski definition) is 2. The first kappa shape index (κ1) is 26.5. The molecular weight excluding hydrogens is 390 g/mol. The Hall–Kier alpha value is 0.230. The Bertz CT molecular complexity index is 527. The zero-order valence-electron chi connectivity index (χ0n) is 21.2. The lowest BCUT2D eigenvalue weighted by atomic mass is 9.62. The van der Waals surface area contributed by atoms with Crippen molar-refractivity contribution in [3.63, 3.8) is 0 Å². The summed E-state index contributed by atoms with van der Waals surface area (Å²) < 4.78 is 0.482. The van der Waals surface area contributed by atoms with Crippen LogP contribution in [0.15, 0.2) is 0 Å². The van der Waals surface area contributed by atoms with Gasteiger partial charge in [-0.3, -0.25) is 0 Å². The highest BCUT2D eigenvalue weighted by molar-refractivity contribution is 8.34. The maximum atomic E-state index is 10.4. The molecule has 30 heavy (non-hydrogen) atoms. The van der Waals surface area contributed by atoms with E-state index in [4.69, 9.17) is 10.7 Å². The Labute approximate surface area is 189 Å². The van der Waals surface area contributed by atoms with Gasteiger partial charge in [-0.05, 0) is 91.8 Å². The lowest BCUT2D eigenvalue weighted by Crippen LogP contribution is -2.42. The van der Waals surface area contributed by atoms with Crippen LogP contribution in [-0.4, -0.2) is 39.8 Å². The molecule has 0 amide bonds. The van der Waals surface area contributed by atoms with Gasteiger partial charge in [0, 0.05) is 4.75 Å². The molecule has 0 aromatic carbocycles. The molecule has 1 saturated carbocycles. The molecule has 2 rings (SSSR count). The van der Waals surface area contributed by atoms with Gasteiger partial charge in [0.05, 0.1) is 12.7 Å². The van der Waals surface area contributed by atoms with Gasteiger partial charge in [0.15, 0.2) is 0 Å². The molecule has 2 fully saturated rings. The van der Waals surface area contributed by atoms with Crippen molar-refractivity contribution in [2.45, 2.75) is 122 Å². The van der Waals surface area contributed by atoms with Crippen molar-refractivity contribution < 1.29 is 9.94 Å². The van der Waals surface area contributed by atoms with Crippen LogP contribution in [0, 0.1) is 23.2 Å². The predicted molar refractivity (Wildman–Crippen MR) is 134 cm³/mol. The van der Waals surface area contributed by atoms with Crippen LogP contribution >= 0.6 is 10.0 Å². The topological polar surface area (TPSA) is 55.5 Å². The normalized spacial score (nSPS) is 40.6. The molecule has 1 saturated heterocycles. The molecule has 0 spiro atoms. The molecule has 0 aromatic heterocycles. The van der Waals surface area contributed by atoms with Crippen molar-refractivity contribution in [3.05, 3.63) is 0 Å². The summed E-state index contributed by atoms with van der Waals surface area (Å²) in [6.07, 6.45) is 14.8. The maximum absolute atomic E-state index is 10.4. The maximum Gasteiger partial charge on any atom is 0.0679 e. The van der Waals surface area contributed by atoms with E-state index in [1.54, 1.807) is 0 Å². The average Bonchev–Trinajstić information content (AvgIpc) is 2.94. The number of aliphatic hydroxyl groups is 1. The molecule has 4 heteroatoms. The minimum absolute atomic E-state index is 0.0821. The summed E-state index contributed by atoms with van der Waals surface area (Å²) in [5.41, 5.74) is 0.364. The van der Waals surface area contributed by atoms with Crippen LogP contribution in [0.2, 0.25) is 0 Å². The third kappa shape index (κ3) is 5.41. The Morgan fingerprint density at radius 2 is 1.90 bits per heavy atom. The van der Waals surface area contributed by atoms with E-state index in [1.807, 2.05) is 0 Å². The van der Waals surface area contributed by atoms with Crippen molar-refractivity contribution in [2.75, 3.05) is 18.6 Å². The lowest BCUT2D eigenvalue weighted by molar-refractivity contribution is -0.00348. The Balaban J connectivity index is 2.18. The highest BCUT2D eigenvalue weighted by Gasteiger charge is 2.53. The molecule has 180 valence electrons. The fourth-order valence-corrected chi connectivity index (χ4v) is 12.2. The molecular formula is C26H53NO2S. The molecule has 0 radical (unpaired) electrons. The summed E-state index contributed by atoms with van der Waals surface area (Å²) >= 11 is 0. The van der Waals surface area contributed by atoms with Crippen LogP contribution in [0.3, 0.4) is 0 Å². The highest BCUT2D eigenvalue weighted by Crippen LogP contribution is 2.71. The standard InChI is InChI=1S/C26H53NO2S/c1-8-14-26(6)22(11-10-16-29-27)13-17-30(26,7)20(3)18-21(9-2)24-19-23(28)12-15-25(24,4)5/h20-24,28H,8-19,27H2,1-7H3/t20?,21-,22?,23+,24?,26?/m0/s1. The van der Waals surface area contributed by atoms with Gasteiger partial charge in [-0.25, -0.2) is 15.9 Å². The van der Waals surface area contributed by atoms with E-state index in [9.17, 15) is 5.11 Å². The summed E-state index contributed by atoms with van der Waals surface area (Å²) in [7, 11) is -0.700. The second kappa shape index (κ2) is 10.9. The van der Waals surface area contributed by atoms with E-state index in [-0.39, 0.29) is 6.10 Å². The predicted octanol–water partition coefficient (Wildman–Crippen LogP) is 6.66. The Morgan fingerprint density at radius 3 is 2.50 bits per heavy atom. The molecule has 1 aliphatic heterocycles. The van der Waals surface area contributed by atoms with Gasteiger partial charge in [-0.1, -0.05) is 54.4 Å². The van der Waals surface area contributed by atoms with Crippen LogP contribution in [0.5, 0.6) is 0 Å². The summed E-state index contributed by atoms with van der Waals surface area (Å²) in [5, 5.41) is 11.2. The van der Waals surface area contributed by atoms with E-state index in [0.29, 0.717) is 22.7 Å². The van der Waals surface area contributed by atoms with E-state index in [2.05, 4.69) is 47.8 Å². The van der Waals surface area contributed by atoms with Gasteiger partial charge in [-0.2, -0.15) is 0 Å². The van der Waals surface area contributed by atoms with Gasteiger partial charge in [0.1, 0.15) is 0 Å². The molecule has 0 aromatic rings. The molecule has 1 heterocycles. The molecule has 7 atom stereocenters. The van der Waals surface area contributed by atoms with E-state index in [1.165, 1.54) is 50.7 Å². The van der Waals surface area contributed by atoms with Crippen molar-refractivity contribution in [3.8, 4) is 0 Å². The molecule has 3 N–H and O–H groups in total. The fraction of sp³-hybridized carbons (Fsp3) is 1.00. The second-order valence-corrected chi connectivity index (χ2v) is 16.1. The zero-order valence-corrected chi connectivity index (χ0v) is 22.0. The summed E-state index contributed by atoms with van der Waals surface area (Å²) in [4.78, 5) is 4.88.